The number of nitrogens with one attached hydrogen (secondary N) is 1. The predicted octanol–water partition coefficient (Wildman–Crippen LogP) is 6.18. The van der Waals surface area contributed by atoms with Gasteiger partial charge in [-0.2, -0.15) is 0 Å². The molecular formula is C22H20ClNO2. The van der Waals surface area contributed by atoms with Crippen LogP contribution in [0.2, 0.25) is 5.02 Å². The zero-order chi connectivity index (χ0) is 18.7. The molecule has 0 bridgehead atoms. The van der Waals surface area contributed by atoms with Gasteiger partial charge < -0.3 is 9.73 Å². The Bertz CT molecular complexity index is 945. The first kappa shape index (κ1) is 18.0. The Labute approximate surface area is 158 Å². The molecule has 0 aliphatic heterocycles. The summed E-state index contributed by atoms with van der Waals surface area (Å²) in [7, 11) is 0. The third-order valence-corrected chi connectivity index (χ3v) is 4.33. The molecule has 4 heteroatoms. The first-order chi connectivity index (χ1) is 12.4. The molecule has 0 spiro atoms. The standard InChI is InChI=1S/C22H20ClNO2/c1-14-12-15(2)22(16(3)13-14)24-21(25)11-9-19-8-10-20(26-19)17-4-6-18(23)7-5-17/h4-13H,1-3H3,(H,24,25)/b11-9+. The number of furan rings is 1. The van der Waals surface area contributed by atoms with Crippen molar-refractivity contribution < 1.29 is 9.21 Å². The zero-order valence-electron chi connectivity index (χ0n) is 15.0. The van der Waals surface area contributed by atoms with Crippen LogP contribution in [0.25, 0.3) is 17.4 Å². The van der Waals surface area contributed by atoms with Gasteiger partial charge in [0.25, 0.3) is 0 Å². The van der Waals surface area contributed by atoms with Crippen molar-refractivity contribution in [3.63, 3.8) is 0 Å². The van der Waals surface area contributed by atoms with E-state index < -0.39 is 0 Å². The molecule has 1 amide bonds. The molecule has 3 nitrogen and oxygen atoms in total. The van der Waals surface area contributed by atoms with E-state index in [1.165, 1.54) is 11.6 Å². The number of carbonyl (C=O) groups is 1. The zero-order valence-corrected chi connectivity index (χ0v) is 15.7. The number of aryl methyl sites for hydroxylation is 3. The Morgan fingerprint density at radius 3 is 2.31 bits per heavy atom. The fraction of sp³-hybridized carbons (Fsp3) is 0.136. The number of anilines is 1. The smallest absolute Gasteiger partial charge is 0.248 e. The topological polar surface area (TPSA) is 42.2 Å². The van der Waals surface area contributed by atoms with Gasteiger partial charge in [-0.1, -0.05) is 29.3 Å². The summed E-state index contributed by atoms with van der Waals surface area (Å²) in [5.74, 6) is 1.15. The Kier molecular flexibility index (Phi) is 5.29. The Morgan fingerprint density at radius 1 is 1.00 bits per heavy atom. The summed E-state index contributed by atoms with van der Waals surface area (Å²) >= 11 is 5.90. The van der Waals surface area contributed by atoms with Gasteiger partial charge in [-0.3, -0.25) is 4.79 Å². The average Bonchev–Trinajstić information content (AvgIpc) is 3.06. The highest BCUT2D eigenvalue weighted by Gasteiger charge is 2.07. The molecule has 0 aliphatic carbocycles. The number of rotatable bonds is 4. The van der Waals surface area contributed by atoms with E-state index >= 15 is 0 Å². The molecule has 0 atom stereocenters. The molecule has 0 fully saturated rings. The van der Waals surface area contributed by atoms with Gasteiger partial charge in [-0.25, -0.2) is 0 Å². The SMILES string of the molecule is Cc1cc(C)c(NC(=O)/C=C/c2ccc(-c3ccc(Cl)cc3)o2)c(C)c1. The van der Waals surface area contributed by atoms with Gasteiger partial charge in [-0.15, -0.1) is 0 Å². The van der Waals surface area contributed by atoms with Crippen molar-refractivity contribution in [3.8, 4) is 11.3 Å². The van der Waals surface area contributed by atoms with Gasteiger partial charge in [0.1, 0.15) is 11.5 Å². The predicted molar refractivity (Wildman–Crippen MR) is 107 cm³/mol. The monoisotopic (exact) mass is 365 g/mol. The van der Waals surface area contributed by atoms with E-state index in [9.17, 15) is 4.79 Å². The van der Waals surface area contributed by atoms with Crippen LogP contribution in [0.1, 0.15) is 22.5 Å². The molecule has 1 heterocycles. The van der Waals surface area contributed by atoms with Gasteiger partial charge in [-0.05, 0) is 74.4 Å². The second kappa shape index (κ2) is 7.63. The number of benzene rings is 2. The van der Waals surface area contributed by atoms with Crippen molar-refractivity contribution >= 4 is 29.3 Å². The fourth-order valence-corrected chi connectivity index (χ4v) is 3.04. The maximum atomic E-state index is 12.2. The highest BCUT2D eigenvalue weighted by Crippen LogP contribution is 2.25. The number of halogens is 1. The van der Waals surface area contributed by atoms with E-state index in [1.54, 1.807) is 6.08 Å². The van der Waals surface area contributed by atoms with E-state index in [4.69, 9.17) is 16.0 Å². The lowest BCUT2D eigenvalue weighted by Gasteiger charge is -2.11. The van der Waals surface area contributed by atoms with Gasteiger partial charge in [0.05, 0.1) is 0 Å². The minimum absolute atomic E-state index is 0.190. The fourth-order valence-electron chi connectivity index (χ4n) is 2.91. The highest BCUT2D eigenvalue weighted by atomic mass is 35.5. The molecule has 3 aromatic rings. The summed E-state index contributed by atoms with van der Waals surface area (Å²) in [6.07, 6.45) is 3.14. The summed E-state index contributed by atoms with van der Waals surface area (Å²) in [4.78, 5) is 12.2. The van der Waals surface area contributed by atoms with E-state index in [-0.39, 0.29) is 5.91 Å². The summed E-state index contributed by atoms with van der Waals surface area (Å²) in [6.45, 7) is 6.02. The Morgan fingerprint density at radius 2 is 1.65 bits per heavy atom. The van der Waals surface area contributed by atoms with Crippen LogP contribution in [0.5, 0.6) is 0 Å². The number of amides is 1. The lowest BCUT2D eigenvalue weighted by Crippen LogP contribution is -2.10. The minimum Gasteiger partial charge on any atom is -0.457 e. The Hall–Kier alpha value is -2.78. The second-order valence-electron chi connectivity index (χ2n) is 6.31. The molecule has 0 radical (unpaired) electrons. The lowest BCUT2D eigenvalue weighted by molar-refractivity contribution is -0.111. The quantitative estimate of drug-likeness (QED) is 0.561. The van der Waals surface area contributed by atoms with E-state index in [0.717, 1.165) is 28.1 Å². The molecule has 1 N–H and O–H groups in total. The maximum absolute atomic E-state index is 12.2. The van der Waals surface area contributed by atoms with Gasteiger partial charge in [0.15, 0.2) is 0 Å². The second-order valence-corrected chi connectivity index (χ2v) is 6.74. The van der Waals surface area contributed by atoms with Crippen molar-refractivity contribution in [2.24, 2.45) is 0 Å². The normalized spacial score (nSPS) is 11.1. The number of hydrogen-bond acceptors (Lipinski definition) is 2. The van der Waals surface area contributed by atoms with Crippen LogP contribution < -0.4 is 5.32 Å². The highest BCUT2D eigenvalue weighted by molar-refractivity contribution is 6.30. The van der Waals surface area contributed by atoms with Crippen LogP contribution in [0.3, 0.4) is 0 Å². The van der Waals surface area contributed by atoms with Gasteiger partial charge >= 0.3 is 0 Å². The van der Waals surface area contributed by atoms with Crippen LogP contribution in [0, 0.1) is 20.8 Å². The Balaban J connectivity index is 1.70. The molecule has 2 aromatic carbocycles. The molecule has 0 unspecified atom stereocenters. The summed E-state index contributed by atoms with van der Waals surface area (Å²) in [6, 6.07) is 15.2. The summed E-state index contributed by atoms with van der Waals surface area (Å²) in [5, 5.41) is 3.62. The lowest BCUT2D eigenvalue weighted by atomic mass is 10.1. The first-order valence-corrected chi connectivity index (χ1v) is 8.73. The average molecular weight is 366 g/mol. The van der Waals surface area contributed by atoms with Gasteiger partial charge in [0, 0.05) is 22.3 Å². The number of carbonyl (C=O) groups excluding carboxylic acids is 1. The molecule has 132 valence electrons. The third kappa shape index (κ3) is 4.24. The first-order valence-electron chi connectivity index (χ1n) is 8.35. The molecule has 0 saturated carbocycles. The van der Waals surface area contributed by atoms with Crippen LogP contribution in [0.4, 0.5) is 5.69 Å². The van der Waals surface area contributed by atoms with Crippen molar-refractivity contribution in [3.05, 3.63) is 82.1 Å². The van der Waals surface area contributed by atoms with E-state index in [2.05, 4.69) is 17.4 Å². The summed E-state index contributed by atoms with van der Waals surface area (Å²) in [5.41, 5.74) is 5.06. The molecule has 0 saturated heterocycles. The number of hydrogen-bond donors (Lipinski definition) is 1. The summed E-state index contributed by atoms with van der Waals surface area (Å²) < 4.78 is 5.76. The van der Waals surface area contributed by atoms with Gasteiger partial charge in [0.2, 0.25) is 5.91 Å². The third-order valence-electron chi connectivity index (χ3n) is 4.08. The van der Waals surface area contributed by atoms with Crippen molar-refractivity contribution in [2.75, 3.05) is 5.32 Å². The van der Waals surface area contributed by atoms with E-state index in [0.29, 0.717) is 10.8 Å². The molecule has 0 aliphatic rings. The minimum atomic E-state index is -0.190. The van der Waals surface area contributed by atoms with Crippen molar-refractivity contribution in [2.45, 2.75) is 20.8 Å². The maximum Gasteiger partial charge on any atom is 0.248 e. The molecular weight excluding hydrogens is 346 g/mol. The van der Waals surface area contributed by atoms with Crippen LogP contribution in [-0.4, -0.2) is 5.91 Å². The van der Waals surface area contributed by atoms with Crippen LogP contribution in [0.15, 0.2) is 59.0 Å². The molecule has 1 aromatic heterocycles. The molecule has 26 heavy (non-hydrogen) atoms. The molecule has 3 rings (SSSR count). The van der Waals surface area contributed by atoms with E-state index in [1.807, 2.05) is 57.2 Å². The van der Waals surface area contributed by atoms with Crippen molar-refractivity contribution in [1.82, 2.24) is 0 Å². The van der Waals surface area contributed by atoms with Crippen LogP contribution in [-0.2, 0) is 4.79 Å². The van der Waals surface area contributed by atoms with Crippen LogP contribution >= 0.6 is 11.6 Å². The largest absolute Gasteiger partial charge is 0.457 e. The van der Waals surface area contributed by atoms with Crippen molar-refractivity contribution in [1.29, 1.82) is 0 Å².